The highest BCUT2D eigenvalue weighted by Gasteiger charge is 2.25. The summed E-state index contributed by atoms with van der Waals surface area (Å²) in [6.45, 7) is 0. The first kappa shape index (κ1) is 13.0. The molecular weight excluding hydrogens is 281 g/mol. The molecule has 1 unspecified atom stereocenters. The van der Waals surface area contributed by atoms with Crippen LogP contribution in [0.4, 0.5) is 4.39 Å². The predicted octanol–water partition coefficient (Wildman–Crippen LogP) is 4.43. The van der Waals surface area contributed by atoms with Gasteiger partial charge in [0.1, 0.15) is 5.82 Å². The Hall–Kier alpha value is -0.410. The number of hydrogen-bond acceptors (Lipinski definition) is 1. The van der Waals surface area contributed by atoms with Crippen LogP contribution >= 0.6 is 15.9 Å². The number of nitrogens with one attached hydrogen (secondary N) is 1. The van der Waals surface area contributed by atoms with Crippen molar-refractivity contribution < 1.29 is 4.39 Å². The van der Waals surface area contributed by atoms with Gasteiger partial charge in [0.15, 0.2) is 0 Å². The van der Waals surface area contributed by atoms with Crippen molar-refractivity contribution in [2.24, 2.45) is 5.92 Å². The quantitative estimate of drug-likeness (QED) is 0.871. The number of rotatable bonds is 3. The minimum atomic E-state index is -0.0990. The molecule has 3 heteroatoms. The fourth-order valence-electron chi connectivity index (χ4n) is 2.87. The van der Waals surface area contributed by atoms with Gasteiger partial charge in [-0.05, 0) is 44.0 Å². The molecule has 0 aliphatic heterocycles. The molecule has 1 nitrogen and oxygen atoms in total. The van der Waals surface area contributed by atoms with Gasteiger partial charge in [0.25, 0.3) is 0 Å². The minimum Gasteiger partial charge on any atom is -0.313 e. The monoisotopic (exact) mass is 299 g/mol. The largest absolute Gasteiger partial charge is 0.313 e. The minimum absolute atomic E-state index is 0.0990. The summed E-state index contributed by atoms with van der Waals surface area (Å²) in [5, 5.41) is 3.30. The molecule has 0 bridgehead atoms. The van der Waals surface area contributed by atoms with E-state index in [1.807, 2.05) is 13.1 Å². The van der Waals surface area contributed by atoms with Crippen LogP contribution < -0.4 is 5.32 Å². The molecule has 0 saturated heterocycles. The zero-order valence-electron chi connectivity index (χ0n) is 10.2. The van der Waals surface area contributed by atoms with E-state index in [4.69, 9.17) is 0 Å². The van der Waals surface area contributed by atoms with Crippen LogP contribution in [-0.2, 0) is 0 Å². The van der Waals surface area contributed by atoms with Crippen LogP contribution in [0.5, 0.6) is 0 Å². The van der Waals surface area contributed by atoms with Gasteiger partial charge in [-0.1, -0.05) is 35.2 Å². The maximum atomic E-state index is 13.9. The fourth-order valence-corrected chi connectivity index (χ4v) is 3.24. The number of halogens is 2. The van der Waals surface area contributed by atoms with E-state index in [0.717, 1.165) is 10.0 Å². The second-order valence-corrected chi connectivity index (χ2v) is 5.75. The van der Waals surface area contributed by atoms with Crippen LogP contribution in [0, 0.1) is 11.7 Å². The summed E-state index contributed by atoms with van der Waals surface area (Å²) in [6, 6.07) is 5.36. The van der Waals surface area contributed by atoms with Crippen LogP contribution in [0.3, 0.4) is 0 Å². The van der Waals surface area contributed by atoms with Crippen LogP contribution in [0.15, 0.2) is 22.7 Å². The van der Waals surface area contributed by atoms with Crippen molar-refractivity contribution in [3.63, 3.8) is 0 Å². The molecule has 0 heterocycles. The second kappa shape index (κ2) is 5.96. The van der Waals surface area contributed by atoms with Crippen molar-refractivity contribution in [1.82, 2.24) is 5.32 Å². The Kier molecular flexibility index (Phi) is 4.57. The first-order valence-electron chi connectivity index (χ1n) is 6.34. The van der Waals surface area contributed by atoms with Gasteiger partial charge in [-0.25, -0.2) is 4.39 Å². The standard InChI is InChI=1S/C14H19BrFN/c1-17-14(10-5-3-2-4-6-10)12-9-11(15)7-8-13(12)16/h7-10,14,17H,2-6H2,1H3. The third kappa shape index (κ3) is 3.08. The molecule has 1 N–H and O–H groups in total. The second-order valence-electron chi connectivity index (χ2n) is 4.83. The highest BCUT2D eigenvalue weighted by atomic mass is 79.9. The molecule has 1 atom stereocenters. The molecule has 0 aromatic heterocycles. The van der Waals surface area contributed by atoms with Crippen LogP contribution in [0.25, 0.3) is 0 Å². The molecule has 94 valence electrons. The fraction of sp³-hybridized carbons (Fsp3) is 0.571. The average molecular weight is 300 g/mol. The van der Waals surface area contributed by atoms with Gasteiger partial charge in [-0.3, -0.25) is 0 Å². The van der Waals surface area contributed by atoms with Crippen molar-refractivity contribution in [2.75, 3.05) is 7.05 Å². The van der Waals surface area contributed by atoms with E-state index in [-0.39, 0.29) is 11.9 Å². The summed E-state index contributed by atoms with van der Waals surface area (Å²) in [5.41, 5.74) is 0.800. The SMILES string of the molecule is CNC(c1cc(Br)ccc1F)C1CCCCC1. The molecule has 1 aliphatic rings. The summed E-state index contributed by atoms with van der Waals surface area (Å²) in [4.78, 5) is 0. The van der Waals surface area contributed by atoms with Crippen molar-refractivity contribution in [3.8, 4) is 0 Å². The van der Waals surface area contributed by atoms with Gasteiger partial charge in [0.05, 0.1) is 0 Å². The maximum Gasteiger partial charge on any atom is 0.128 e. The van der Waals surface area contributed by atoms with Crippen LogP contribution in [-0.4, -0.2) is 7.05 Å². The summed E-state index contributed by atoms with van der Waals surface area (Å²) in [5.74, 6) is 0.468. The Labute approximate surface area is 111 Å². The molecule has 1 fully saturated rings. The Morgan fingerprint density at radius 2 is 2.00 bits per heavy atom. The molecule has 2 rings (SSSR count). The maximum absolute atomic E-state index is 13.9. The topological polar surface area (TPSA) is 12.0 Å². The molecule has 1 aliphatic carbocycles. The molecule has 17 heavy (non-hydrogen) atoms. The third-order valence-corrected chi connectivity index (χ3v) is 4.22. The Morgan fingerprint density at radius 3 is 2.65 bits per heavy atom. The molecule has 1 aromatic rings. The summed E-state index contributed by atoms with van der Waals surface area (Å²) in [6.07, 6.45) is 6.29. The summed E-state index contributed by atoms with van der Waals surface area (Å²) in [7, 11) is 1.93. The lowest BCUT2D eigenvalue weighted by Gasteiger charge is -2.30. The highest BCUT2D eigenvalue weighted by molar-refractivity contribution is 9.10. The van der Waals surface area contributed by atoms with Crippen molar-refractivity contribution >= 4 is 15.9 Å². The van der Waals surface area contributed by atoms with E-state index >= 15 is 0 Å². The Morgan fingerprint density at radius 1 is 1.29 bits per heavy atom. The lowest BCUT2D eigenvalue weighted by atomic mass is 9.81. The normalized spacial score (nSPS) is 19.2. The lowest BCUT2D eigenvalue weighted by Crippen LogP contribution is -2.27. The summed E-state index contributed by atoms with van der Waals surface area (Å²) >= 11 is 3.42. The molecule has 1 aromatic carbocycles. The van der Waals surface area contributed by atoms with E-state index in [0.29, 0.717) is 5.92 Å². The van der Waals surface area contributed by atoms with Crippen LogP contribution in [0.1, 0.15) is 43.7 Å². The van der Waals surface area contributed by atoms with Gasteiger partial charge >= 0.3 is 0 Å². The molecular formula is C14H19BrFN. The zero-order valence-corrected chi connectivity index (χ0v) is 11.8. The third-order valence-electron chi connectivity index (χ3n) is 3.73. The van der Waals surface area contributed by atoms with Gasteiger partial charge in [0.2, 0.25) is 0 Å². The molecule has 0 spiro atoms. The first-order chi connectivity index (χ1) is 8.22. The van der Waals surface area contributed by atoms with Crippen molar-refractivity contribution in [2.45, 2.75) is 38.1 Å². The van der Waals surface area contributed by atoms with Crippen molar-refractivity contribution in [3.05, 3.63) is 34.1 Å². The van der Waals surface area contributed by atoms with Crippen LogP contribution in [0.2, 0.25) is 0 Å². The lowest BCUT2D eigenvalue weighted by molar-refractivity contribution is 0.277. The highest BCUT2D eigenvalue weighted by Crippen LogP contribution is 2.35. The smallest absolute Gasteiger partial charge is 0.128 e. The number of benzene rings is 1. The molecule has 0 amide bonds. The zero-order chi connectivity index (χ0) is 12.3. The van der Waals surface area contributed by atoms with E-state index in [2.05, 4.69) is 21.2 Å². The molecule has 1 saturated carbocycles. The van der Waals surface area contributed by atoms with Gasteiger partial charge in [-0.15, -0.1) is 0 Å². The number of hydrogen-bond donors (Lipinski definition) is 1. The van der Waals surface area contributed by atoms with Gasteiger partial charge in [-0.2, -0.15) is 0 Å². The van der Waals surface area contributed by atoms with E-state index in [1.165, 1.54) is 32.1 Å². The Balaban J connectivity index is 2.24. The Bertz CT molecular complexity index is 374. The van der Waals surface area contributed by atoms with E-state index in [9.17, 15) is 4.39 Å². The average Bonchev–Trinajstić information content (AvgIpc) is 2.36. The van der Waals surface area contributed by atoms with Gasteiger partial charge < -0.3 is 5.32 Å². The van der Waals surface area contributed by atoms with E-state index in [1.54, 1.807) is 12.1 Å². The summed E-state index contributed by atoms with van der Waals surface area (Å²) < 4.78 is 14.8. The molecule has 0 radical (unpaired) electrons. The van der Waals surface area contributed by atoms with Crippen molar-refractivity contribution in [1.29, 1.82) is 0 Å². The first-order valence-corrected chi connectivity index (χ1v) is 7.14. The van der Waals surface area contributed by atoms with E-state index < -0.39 is 0 Å². The van der Waals surface area contributed by atoms with Gasteiger partial charge in [0, 0.05) is 16.1 Å². The predicted molar refractivity (Wildman–Crippen MR) is 72.5 cm³/mol.